The molecule has 0 amide bonds. The third kappa shape index (κ3) is 5.55. The minimum Gasteiger partial charge on any atom is -0.466 e. The first kappa shape index (κ1) is 15.5. The van der Waals surface area contributed by atoms with E-state index in [9.17, 15) is 4.79 Å². The molecule has 2 rings (SSSR count). The molecule has 0 atom stereocenters. The summed E-state index contributed by atoms with van der Waals surface area (Å²) in [7, 11) is 0. The number of ether oxygens (including phenoxy) is 1. The van der Waals surface area contributed by atoms with E-state index in [1.54, 1.807) is 13.1 Å². The van der Waals surface area contributed by atoms with Crippen LogP contribution in [0.15, 0.2) is 24.1 Å². The molecule has 0 aliphatic carbocycles. The predicted octanol–water partition coefficient (Wildman–Crippen LogP) is 2.34. The lowest BCUT2D eigenvalue weighted by Gasteiger charge is -2.03. The average molecular weight is 308 g/mol. The van der Waals surface area contributed by atoms with Gasteiger partial charge in [-0.15, -0.1) is 11.3 Å². The number of unbranched alkanes of at least 4 members (excludes halogenated alkanes) is 1. The van der Waals surface area contributed by atoms with E-state index in [1.165, 1.54) is 11.3 Å². The monoisotopic (exact) mass is 308 g/mol. The lowest BCUT2D eigenvalue weighted by atomic mass is 10.3. The molecule has 0 saturated heterocycles. The van der Waals surface area contributed by atoms with E-state index in [0.29, 0.717) is 6.61 Å². The minimum atomic E-state index is -0.227. The second kappa shape index (κ2) is 8.41. The Morgan fingerprint density at radius 2 is 2.38 bits per heavy atom. The van der Waals surface area contributed by atoms with E-state index in [2.05, 4.69) is 19.9 Å². The zero-order valence-electron chi connectivity index (χ0n) is 12.1. The lowest BCUT2D eigenvalue weighted by molar-refractivity contribution is -0.142. The first-order valence-corrected chi connectivity index (χ1v) is 7.95. The highest BCUT2D eigenvalue weighted by molar-refractivity contribution is 7.13. The molecule has 6 nitrogen and oxygen atoms in total. The summed E-state index contributed by atoms with van der Waals surface area (Å²) in [6.07, 6.45) is 7.98. The van der Waals surface area contributed by atoms with Crippen LogP contribution in [0.2, 0.25) is 0 Å². The summed E-state index contributed by atoms with van der Waals surface area (Å²) in [6, 6.07) is 0. The quantitative estimate of drug-likeness (QED) is 0.569. The van der Waals surface area contributed by atoms with Crippen molar-refractivity contribution in [1.29, 1.82) is 0 Å². The Kier molecular flexibility index (Phi) is 6.21. The van der Waals surface area contributed by atoms with Crippen molar-refractivity contribution in [2.24, 2.45) is 0 Å². The topological polar surface area (TPSA) is 69.0 Å². The van der Waals surface area contributed by atoms with Gasteiger partial charge in [0.05, 0.1) is 25.0 Å². The van der Waals surface area contributed by atoms with Crippen molar-refractivity contribution >= 4 is 22.4 Å². The summed E-state index contributed by atoms with van der Waals surface area (Å²) >= 11 is 1.52. The summed E-state index contributed by atoms with van der Waals surface area (Å²) in [6.45, 7) is 4.06. The van der Waals surface area contributed by atoms with E-state index in [4.69, 9.17) is 4.74 Å². The number of hydrogen-bond donors (Lipinski definition) is 1. The molecule has 2 heterocycles. The van der Waals surface area contributed by atoms with Gasteiger partial charge in [-0.05, 0) is 19.8 Å². The van der Waals surface area contributed by atoms with Crippen molar-refractivity contribution in [2.45, 2.75) is 32.7 Å². The number of nitrogens with one attached hydrogen (secondary N) is 1. The zero-order chi connectivity index (χ0) is 14.9. The number of anilines is 1. The molecule has 0 bridgehead atoms. The molecule has 7 heteroatoms. The molecular formula is C14H20N4O2S. The summed E-state index contributed by atoms with van der Waals surface area (Å²) in [5, 5.41) is 6.03. The molecule has 0 fully saturated rings. The second-order valence-corrected chi connectivity index (χ2v) is 5.42. The third-order valence-electron chi connectivity index (χ3n) is 2.86. The highest BCUT2D eigenvalue weighted by Crippen LogP contribution is 2.16. The number of carbonyl (C=O) groups is 1. The molecule has 0 aromatic carbocycles. The smallest absolute Gasteiger partial charge is 0.311 e. The summed E-state index contributed by atoms with van der Waals surface area (Å²) in [4.78, 5) is 19.7. The Morgan fingerprint density at radius 1 is 1.48 bits per heavy atom. The van der Waals surface area contributed by atoms with Gasteiger partial charge in [0, 0.05) is 30.9 Å². The highest BCUT2D eigenvalue weighted by atomic mass is 32.1. The second-order valence-electron chi connectivity index (χ2n) is 4.56. The predicted molar refractivity (Wildman–Crippen MR) is 82.4 cm³/mol. The van der Waals surface area contributed by atoms with Gasteiger partial charge in [0.2, 0.25) is 0 Å². The Bertz CT molecular complexity index is 539. The van der Waals surface area contributed by atoms with Crippen LogP contribution in [0, 0.1) is 0 Å². The molecule has 0 aliphatic rings. The van der Waals surface area contributed by atoms with Crippen molar-refractivity contribution in [2.75, 3.05) is 18.5 Å². The summed E-state index contributed by atoms with van der Waals surface area (Å²) in [5.74, 6) is -0.227. The van der Waals surface area contributed by atoms with E-state index < -0.39 is 0 Å². The van der Waals surface area contributed by atoms with Crippen LogP contribution >= 0.6 is 11.3 Å². The van der Waals surface area contributed by atoms with Gasteiger partial charge < -0.3 is 14.6 Å². The molecule has 2 aromatic heterocycles. The highest BCUT2D eigenvalue weighted by Gasteiger charge is 2.07. The molecule has 0 aliphatic heterocycles. The standard InChI is InChI=1S/C14H20N4O2S/c1-2-20-13(19)9-12-10-21-14(17-12)16-5-3-4-7-18-8-6-15-11-18/h6,8,10-11H,2-5,7,9H2,1H3,(H,16,17). The zero-order valence-corrected chi connectivity index (χ0v) is 12.9. The van der Waals surface area contributed by atoms with Gasteiger partial charge in [-0.1, -0.05) is 0 Å². The van der Waals surface area contributed by atoms with E-state index in [1.807, 2.05) is 17.9 Å². The van der Waals surface area contributed by atoms with E-state index >= 15 is 0 Å². The van der Waals surface area contributed by atoms with Crippen molar-refractivity contribution < 1.29 is 9.53 Å². The normalized spacial score (nSPS) is 10.5. The van der Waals surface area contributed by atoms with Gasteiger partial charge in [-0.2, -0.15) is 0 Å². The first-order chi connectivity index (χ1) is 10.3. The average Bonchev–Trinajstić information content (AvgIpc) is 3.10. The maximum Gasteiger partial charge on any atom is 0.311 e. The molecule has 21 heavy (non-hydrogen) atoms. The van der Waals surface area contributed by atoms with Crippen LogP contribution in [0.3, 0.4) is 0 Å². The Labute approximate surface area is 128 Å². The lowest BCUT2D eigenvalue weighted by Crippen LogP contribution is -2.08. The molecule has 0 radical (unpaired) electrons. The van der Waals surface area contributed by atoms with Crippen molar-refractivity contribution in [3.8, 4) is 0 Å². The Balaban J connectivity index is 1.62. The number of hydrogen-bond acceptors (Lipinski definition) is 6. The maximum absolute atomic E-state index is 11.3. The molecule has 114 valence electrons. The van der Waals surface area contributed by atoms with Gasteiger partial charge in [0.1, 0.15) is 0 Å². The maximum atomic E-state index is 11.3. The molecular weight excluding hydrogens is 288 g/mol. The number of nitrogens with zero attached hydrogens (tertiary/aromatic N) is 3. The van der Waals surface area contributed by atoms with Crippen molar-refractivity contribution in [3.05, 3.63) is 29.8 Å². The number of esters is 1. The molecule has 0 spiro atoms. The SMILES string of the molecule is CCOC(=O)Cc1csc(NCCCCn2ccnc2)n1. The van der Waals surface area contributed by atoms with Gasteiger partial charge in [0.25, 0.3) is 0 Å². The van der Waals surface area contributed by atoms with Crippen molar-refractivity contribution in [3.63, 3.8) is 0 Å². The number of aryl methyl sites for hydroxylation is 1. The van der Waals surface area contributed by atoms with Gasteiger partial charge >= 0.3 is 5.97 Å². The Morgan fingerprint density at radius 3 is 3.14 bits per heavy atom. The molecule has 0 saturated carbocycles. The minimum absolute atomic E-state index is 0.227. The fourth-order valence-electron chi connectivity index (χ4n) is 1.86. The Hall–Kier alpha value is -1.89. The molecule has 0 unspecified atom stereocenters. The number of aromatic nitrogens is 3. The third-order valence-corrected chi connectivity index (χ3v) is 3.71. The fraction of sp³-hybridized carbons (Fsp3) is 0.500. The van der Waals surface area contributed by atoms with Crippen LogP contribution in [0.1, 0.15) is 25.5 Å². The molecule has 1 N–H and O–H groups in total. The van der Waals surface area contributed by atoms with Crippen LogP contribution in [-0.2, 0) is 22.5 Å². The number of carbonyl (C=O) groups excluding carboxylic acids is 1. The van der Waals surface area contributed by atoms with E-state index in [0.717, 1.165) is 36.8 Å². The van der Waals surface area contributed by atoms with Gasteiger partial charge in [-0.25, -0.2) is 9.97 Å². The summed E-state index contributed by atoms with van der Waals surface area (Å²) in [5.41, 5.74) is 0.763. The summed E-state index contributed by atoms with van der Waals surface area (Å²) < 4.78 is 6.97. The fourth-order valence-corrected chi connectivity index (χ4v) is 2.60. The van der Waals surface area contributed by atoms with Crippen LogP contribution < -0.4 is 5.32 Å². The largest absolute Gasteiger partial charge is 0.466 e. The van der Waals surface area contributed by atoms with Crippen LogP contribution in [0.4, 0.5) is 5.13 Å². The molecule has 2 aromatic rings. The van der Waals surface area contributed by atoms with Crippen LogP contribution in [0.5, 0.6) is 0 Å². The van der Waals surface area contributed by atoms with Crippen LogP contribution in [0.25, 0.3) is 0 Å². The van der Waals surface area contributed by atoms with Crippen molar-refractivity contribution in [1.82, 2.24) is 14.5 Å². The van der Waals surface area contributed by atoms with Crippen LogP contribution in [-0.4, -0.2) is 33.7 Å². The number of imidazole rings is 1. The number of rotatable bonds is 9. The van der Waals surface area contributed by atoms with Gasteiger partial charge in [-0.3, -0.25) is 4.79 Å². The van der Waals surface area contributed by atoms with E-state index in [-0.39, 0.29) is 12.4 Å². The first-order valence-electron chi connectivity index (χ1n) is 7.07. The van der Waals surface area contributed by atoms with Gasteiger partial charge in [0.15, 0.2) is 5.13 Å². The number of thiazole rings is 1.